The molecule has 0 saturated carbocycles. The molecule has 1 aromatic carbocycles. The maximum absolute atomic E-state index is 10.8. The smallest absolute Gasteiger partial charge is 0.310 e. The molecule has 1 unspecified atom stereocenters. The van der Waals surface area contributed by atoms with Crippen molar-refractivity contribution in [3.63, 3.8) is 0 Å². The zero-order valence-electron chi connectivity index (χ0n) is 10.9. The van der Waals surface area contributed by atoms with Gasteiger partial charge in [-0.2, -0.15) is 0 Å². The van der Waals surface area contributed by atoms with E-state index in [1.165, 1.54) is 6.07 Å². The number of para-hydroxylation sites is 2. The minimum absolute atomic E-state index is 0.0119. The first-order valence-electron chi connectivity index (χ1n) is 6.37. The summed E-state index contributed by atoms with van der Waals surface area (Å²) in [6.07, 6.45) is 0.236. The summed E-state index contributed by atoms with van der Waals surface area (Å²) in [7, 11) is 0. The predicted octanol–water partition coefficient (Wildman–Crippen LogP) is 1.69. The van der Waals surface area contributed by atoms with Crippen LogP contribution in [0, 0.1) is 10.1 Å². The summed E-state index contributed by atoms with van der Waals surface area (Å²) in [5, 5.41) is 10.8. The van der Waals surface area contributed by atoms with Gasteiger partial charge in [-0.3, -0.25) is 15.0 Å². The molecule has 1 aliphatic rings. The van der Waals surface area contributed by atoms with Crippen molar-refractivity contribution >= 4 is 5.69 Å². The van der Waals surface area contributed by atoms with Crippen molar-refractivity contribution in [2.75, 3.05) is 32.8 Å². The van der Waals surface area contributed by atoms with E-state index >= 15 is 0 Å². The third kappa shape index (κ3) is 3.90. The molecule has 104 valence electrons. The Labute approximate surface area is 112 Å². The third-order valence-corrected chi connectivity index (χ3v) is 3.05. The molecular formula is C13H18N2O4. The summed E-state index contributed by atoms with van der Waals surface area (Å²) in [5.41, 5.74) is 0.0119. The Morgan fingerprint density at radius 3 is 3.05 bits per heavy atom. The predicted molar refractivity (Wildman–Crippen MR) is 70.4 cm³/mol. The molecule has 0 aromatic heterocycles. The highest BCUT2D eigenvalue weighted by molar-refractivity contribution is 5.45. The maximum atomic E-state index is 10.8. The molecule has 6 heteroatoms. The van der Waals surface area contributed by atoms with Crippen LogP contribution in [0.5, 0.6) is 5.75 Å². The van der Waals surface area contributed by atoms with E-state index < -0.39 is 4.92 Å². The number of benzene rings is 1. The molecule has 6 nitrogen and oxygen atoms in total. The molecule has 19 heavy (non-hydrogen) atoms. The van der Waals surface area contributed by atoms with Crippen LogP contribution >= 0.6 is 0 Å². The Hall–Kier alpha value is -1.66. The minimum atomic E-state index is -0.424. The summed E-state index contributed by atoms with van der Waals surface area (Å²) in [6.45, 7) is 5.71. The molecular weight excluding hydrogens is 248 g/mol. The monoisotopic (exact) mass is 266 g/mol. The molecule has 1 aliphatic heterocycles. The molecule has 0 bridgehead atoms. The second-order valence-corrected chi connectivity index (χ2v) is 4.56. The summed E-state index contributed by atoms with van der Waals surface area (Å²) in [6, 6.07) is 6.44. The SMILES string of the molecule is CC1CN(CCOc2ccccc2[N+](=O)[O-])CCO1. The zero-order chi connectivity index (χ0) is 13.7. The van der Waals surface area contributed by atoms with Crippen LogP contribution in [-0.4, -0.2) is 48.8 Å². The average molecular weight is 266 g/mol. The minimum Gasteiger partial charge on any atom is -0.485 e. The van der Waals surface area contributed by atoms with E-state index in [2.05, 4.69) is 4.90 Å². The fourth-order valence-electron chi connectivity index (χ4n) is 2.11. The van der Waals surface area contributed by atoms with Crippen LogP contribution in [0.15, 0.2) is 24.3 Å². The van der Waals surface area contributed by atoms with Crippen molar-refractivity contribution in [1.82, 2.24) is 4.90 Å². The highest BCUT2D eigenvalue weighted by Gasteiger charge is 2.17. The van der Waals surface area contributed by atoms with E-state index in [0.29, 0.717) is 12.4 Å². The maximum Gasteiger partial charge on any atom is 0.310 e. The summed E-state index contributed by atoms with van der Waals surface area (Å²) in [5.74, 6) is 0.328. The molecule has 1 aromatic rings. The summed E-state index contributed by atoms with van der Waals surface area (Å²) < 4.78 is 11.0. The van der Waals surface area contributed by atoms with E-state index in [9.17, 15) is 10.1 Å². The first-order valence-corrected chi connectivity index (χ1v) is 6.37. The van der Waals surface area contributed by atoms with Gasteiger partial charge in [0, 0.05) is 25.7 Å². The van der Waals surface area contributed by atoms with E-state index in [-0.39, 0.29) is 11.8 Å². The second-order valence-electron chi connectivity index (χ2n) is 4.56. The van der Waals surface area contributed by atoms with Crippen molar-refractivity contribution in [2.24, 2.45) is 0 Å². The van der Waals surface area contributed by atoms with Gasteiger partial charge in [-0.15, -0.1) is 0 Å². The Kier molecular flexibility index (Phi) is 4.70. The van der Waals surface area contributed by atoms with Gasteiger partial charge in [0.25, 0.3) is 0 Å². The van der Waals surface area contributed by atoms with Gasteiger partial charge >= 0.3 is 5.69 Å². The number of nitro benzene ring substituents is 1. The Bertz CT molecular complexity index is 438. The van der Waals surface area contributed by atoms with Gasteiger partial charge in [0.05, 0.1) is 17.6 Å². The number of ether oxygens (including phenoxy) is 2. The number of hydrogen-bond acceptors (Lipinski definition) is 5. The number of hydrogen-bond donors (Lipinski definition) is 0. The van der Waals surface area contributed by atoms with Crippen LogP contribution in [0.2, 0.25) is 0 Å². The van der Waals surface area contributed by atoms with Gasteiger partial charge < -0.3 is 9.47 Å². The number of rotatable bonds is 5. The lowest BCUT2D eigenvalue weighted by Gasteiger charge is -2.30. The van der Waals surface area contributed by atoms with Crippen LogP contribution in [0.25, 0.3) is 0 Å². The van der Waals surface area contributed by atoms with Gasteiger partial charge in [-0.1, -0.05) is 12.1 Å². The van der Waals surface area contributed by atoms with Gasteiger partial charge in [-0.25, -0.2) is 0 Å². The first kappa shape index (κ1) is 13.8. The highest BCUT2D eigenvalue weighted by atomic mass is 16.6. The van der Waals surface area contributed by atoms with E-state index in [4.69, 9.17) is 9.47 Å². The summed E-state index contributed by atoms with van der Waals surface area (Å²) >= 11 is 0. The van der Waals surface area contributed by atoms with Crippen LogP contribution in [0.4, 0.5) is 5.69 Å². The molecule has 0 spiro atoms. The Morgan fingerprint density at radius 2 is 2.32 bits per heavy atom. The Morgan fingerprint density at radius 1 is 1.53 bits per heavy atom. The van der Waals surface area contributed by atoms with Crippen LogP contribution in [0.3, 0.4) is 0 Å². The standard InChI is InChI=1S/C13H18N2O4/c1-11-10-14(6-8-18-11)7-9-19-13-5-3-2-4-12(13)15(16)17/h2-5,11H,6-10H2,1H3. The van der Waals surface area contributed by atoms with Crippen molar-refractivity contribution in [3.8, 4) is 5.75 Å². The Balaban J connectivity index is 1.84. The zero-order valence-corrected chi connectivity index (χ0v) is 10.9. The van der Waals surface area contributed by atoms with E-state index in [1.807, 2.05) is 6.92 Å². The largest absolute Gasteiger partial charge is 0.485 e. The highest BCUT2D eigenvalue weighted by Crippen LogP contribution is 2.25. The van der Waals surface area contributed by atoms with Gasteiger partial charge in [0.2, 0.25) is 0 Å². The lowest BCUT2D eigenvalue weighted by molar-refractivity contribution is -0.385. The van der Waals surface area contributed by atoms with E-state index in [1.54, 1.807) is 18.2 Å². The topological polar surface area (TPSA) is 64.8 Å². The molecule has 1 saturated heterocycles. The van der Waals surface area contributed by atoms with Crippen molar-refractivity contribution in [2.45, 2.75) is 13.0 Å². The number of nitrogens with zero attached hydrogens (tertiary/aromatic N) is 2. The van der Waals surface area contributed by atoms with Gasteiger partial charge in [0.1, 0.15) is 6.61 Å². The molecule has 1 heterocycles. The fraction of sp³-hybridized carbons (Fsp3) is 0.538. The molecule has 0 amide bonds. The van der Waals surface area contributed by atoms with Gasteiger partial charge in [0.15, 0.2) is 5.75 Å². The molecule has 1 fully saturated rings. The van der Waals surface area contributed by atoms with Crippen LogP contribution in [-0.2, 0) is 4.74 Å². The third-order valence-electron chi connectivity index (χ3n) is 3.05. The lowest BCUT2D eigenvalue weighted by atomic mass is 10.3. The molecule has 1 atom stereocenters. The first-order chi connectivity index (χ1) is 9.16. The molecule has 0 N–H and O–H groups in total. The molecule has 2 rings (SSSR count). The van der Waals surface area contributed by atoms with Crippen molar-refractivity contribution in [1.29, 1.82) is 0 Å². The number of nitro groups is 1. The van der Waals surface area contributed by atoms with Gasteiger partial charge in [-0.05, 0) is 13.0 Å². The van der Waals surface area contributed by atoms with Crippen molar-refractivity contribution in [3.05, 3.63) is 34.4 Å². The number of morpholine rings is 1. The lowest BCUT2D eigenvalue weighted by Crippen LogP contribution is -2.42. The van der Waals surface area contributed by atoms with E-state index in [0.717, 1.165) is 26.2 Å². The van der Waals surface area contributed by atoms with Crippen LogP contribution in [0.1, 0.15) is 6.92 Å². The summed E-state index contributed by atoms with van der Waals surface area (Å²) in [4.78, 5) is 12.6. The quantitative estimate of drug-likeness (QED) is 0.599. The average Bonchev–Trinajstić information content (AvgIpc) is 2.39. The second kappa shape index (κ2) is 6.49. The van der Waals surface area contributed by atoms with Crippen molar-refractivity contribution < 1.29 is 14.4 Å². The molecule has 0 radical (unpaired) electrons. The normalized spacial score (nSPS) is 20.2. The van der Waals surface area contributed by atoms with Crippen LogP contribution < -0.4 is 4.74 Å². The fourth-order valence-corrected chi connectivity index (χ4v) is 2.11. The molecule has 0 aliphatic carbocycles.